The number of carboxylic acid groups (broad SMARTS) is 1. The first-order valence-electron chi connectivity index (χ1n) is 8.21. The fraction of sp³-hybridized carbons (Fsp3) is 0.333. The number of carbonyl (C=O) groups is 1. The molecule has 1 aliphatic carbocycles. The van der Waals surface area contributed by atoms with Gasteiger partial charge in [0.05, 0.1) is 17.9 Å². The first-order chi connectivity index (χ1) is 12.0. The number of nitrogens with zero attached hydrogens (tertiary/aromatic N) is 3. The van der Waals surface area contributed by atoms with Gasteiger partial charge in [-0.2, -0.15) is 0 Å². The summed E-state index contributed by atoms with van der Waals surface area (Å²) in [6.45, 7) is 2.49. The molecule has 2 aromatic heterocycles. The van der Waals surface area contributed by atoms with E-state index in [-0.39, 0.29) is 17.7 Å². The Morgan fingerprint density at radius 3 is 2.84 bits per heavy atom. The molecular weight excluding hydrogens is 338 g/mol. The molecule has 0 saturated heterocycles. The Morgan fingerprint density at radius 1 is 1.36 bits per heavy atom. The van der Waals surface area contributed by atoms with E-state index in [0.717, 1.165) is 30.4 Å². The van der Waals surface area contributed by atoms with Gasteiger partial charge in [-0.15, -0.1) is 16.4 Å². The van der Waals surface area contributed by atoms with Gasteiger partial charge in [0.2, 0.25) is 0 Å². The van der Waals surface area contributed by atoms with Crippen molar-refractivity contribution in [3.63, 3.8) is 0 Å². The van der Waals surface area contributed by atoms with Crippen LogP contribution < -0.4 is 10.7 Å². The first kappa shape index (κ1) is 16.0. The van der Waals surface area contributed by atoms with E-state index in [2.05, 4.69) is 17.2 Å². The molecule has 0 fully saturated rings. The highest BCUT2D eigenvalue weighted by Crippen LogP contribution is 2.35. The number of hydrogen-bond acceptors (Lipinski definition) is 6. The minimum atomic E-state index is -1.22. The first-order valence-corrected chi connectivity index (χ1v) is 9.03. The number of fused-ring (bicyclic) bond motifs is 3. The van der Waals surface area contributed by atoms with E-state index in [9.17, 15) is 14.7 Å². The van der Waals surface area contributed by atoms with Crippen molar-refractivity contribution >= 4 is 27.5 Å². The van der Waals surface area contributed by atoms with E-state index < -0.39 is 5.97 Å². The third kappa shape index (κ3) is 2.84. The minimum absolute atomic E-state index is 0.110. The van der Waals surface area contributed by atoms with Crippen molar-refractivity contribution in [3.05, 3.63) is 56.2 Å². The number of benzene rings is 1. The zero-order chi connectivity index (χ0) is 17.6. The van der Waals surface area contributed by atoms with Crippen molar-refractivity contribution in [1.29, 1.82) is 0 Å². The van der Waals surface area contributed by atoms with E-state index in [1.807, 2.05) is 0 Å². The van der Waals surface area contributed by atoms with Gasteiger partial charge in [0.15, 0.2) is 4.83 Å². The third-order valence-corrected chi connectivity index (χ3v) is 5.85. The van der Waals surface area contributed by atoms with Crippen LogP contribution in [0.1, 0.15) is 39.7 Å². The van der Waals surface area contributed by atoms with Crippen LogP contribution in [0.15, 0.2) is 29.1 Å². The van der Waals surface area contributed by atoms with Crippen molar-refractivity contribution in [3.8, 4) is 0 Å². The second-order valence-corrected chi connectivity index (χ2v) is 7.65. The molecule has 0 amide bonds. The van der Waals surface area contributed by atoms with Crippen LogP contribution in [0.3, 0.4) is 0 Å². The molecule has 1 aliphatic rings. The largest absolute Gasteiger partial charge is 0.545 e. The highest BCUT2D eigenvalue weighted by atomic mass is 32.1. The van der Waals surface area contributed by atoms with Crippen LogP contribution >= 0.6 is 11.3 Å². The van der Waals surface area contributed by atoms with Crippen molar-refractivity contribution < 1.29 is 9.90 Å². The Hall–Kier alpha value is -2.54. The number of aromatic carboxylic acids is 1. The Labute approximate surface area is 147 Å². The maximum Gasteiger partial charge on any atom is 0.279 e. The molecule has 6 nitrogen and oxygen atoms in total. The second kappa shape index (κ2) is 6.07. The topological polar surface area (TPSA) is 87.9 Å². The molecule has 2 heterocycles. The lowest BCUT2D eigenvalue weighted by molar-refractivity contribution is -0.255. The monoisotopic (exact) mass is 354 g/mol. The van der Waals surface area contributed by atoms with E-state index in [1.165, 1.54) is 21.7 Å². The van der Waals surface area contributed by atoms with Crippen LogP contribution in [0.2, 0.25) is 0 Å². The Balaban J connectivity index is 1.72. The Morgan fingerprint density at radius 2 is 2.12 bits per heavy atom. The van der Waals surface area contributed by atoms with Gasteiger partial charge in [0, 0.05) is 4.88 Å². The average molecular weight is 354 g/mol. The van der Waals surface area contributed by atoms with Gasteiger partial charge in [-0.05, 0) is 41.9 Å². The number of carboxylic acids is 1. The number of aromatic nitrogens is 3. The fourth-order valence-electron chi connectivity index (χ4n) is 3.31. The quantitative estimate of drug-likeness (QED) is 0.709. The van der Waals surface area contributed by atoms with Gasteiger partial charge in [-0.1, -0.05) is 36.4 Å². The number of hydrogen-bond donors (Lipinski definition) is 0. The lowest BCUT2D eigenvalue weighted by atomic mass is 9.89. The van der Waals surface area contributed by atoms with Crippen molar-refractivity contribution in [2.24, 2.45) is 5.92 Å². The predicted molar refractivity (Wildman–Crippen MR) is 92.7 cm³/mol. The summed E-state index contributed by atoms with van der Waals surface area (Å²) in [6, 6.07) is 6.26. The molecule has 0 radical (unpaired) electrons. The lowest BCUT2D eigenvalue weighted by Gasteiger charge is -2.17. The summed E-state index contributed by atoms with van der Waals surface area (Å²) < 4.78 is 1.35. The highest BCUT2D eigenvalue weighted by molar-refractivity contribution is 7.18. The number of rotatable bonds is 3. The summed E-state index contributed by atoms with van der Waals surface area (Å²) in [5, 5.41) is 19.8. The third-order valence-electron chi connectivity index (χ3n) is 4.71. The van der Waals surface area contributed by atoms with Gasteiger partial charge < -0.3 is 9.90 Å². The molecule has 0 unspecified atom stereocenters. The molecule has 0 saturated carbocycles. The molecule has 0 N–H and O–H groups in total. The molecule has 1 atom stereocenters. The van der Waals surface area contributed by atoms with Crippen molar-refractivity contribution in [2.75, 3.05) is 0 Å². The summed E-state index contributed by atoms with van der Waals surface area (Å²) in [6.07, 6.45) is 3.00. The van der Waals surface area contributed by atoms with Gasteiger partial charge >= 0.3 is 0 Å². The van der Waals surface area contributed by atoms with Gasteiger partial charge in [0.25, 0.3) is 5.56 Å². The fourth-order valence-corrected chi connectivity index (χ4v) is 4.63. The molecule has 0 bridgehead atoms. The Kier molecular flexibility index (Phi) is 3.88. The van der Waals surface area contributed by atoms with Gasteiger partial charge in [0.1, 0.15) is 0 Å². The molecule has 4 rings (SSSR count). The lowest BCUT2D eigenvalue weighted by Crippen LogP contribution is -2.25. The maximum absolute atomic E-state index is 12.9. The number of aryl methyl sites for hydroxylation is 1. The average Bonchev–Trinajstić information content (AvgIpc) is 2.96. The number of carbonyl (C=O) groups excluding carboxylic acids is 1. The number of thiophene rings is 1. The SMILES string of the molecule is C[C@@H]1CCc2c(sc3nnn(Cc4ccc(C(=O)[O-])cc4)c(=O)c23)C1. The molecule has 1 aromatic carbocycles. The van der Waals surface area contributed by atoms with E-state index in [4.69, 9.17) is 0 Å². The van der Waals surface area contributed by atoms with E-state index >= 15 is 0 Å². The van der Waals surface area contributed by atoms with Crippen LogP contribution in [0.4, 0.5) is 0 Å². The summed E-state index contributed by atoms with van der Waals surface area (Å²) in [7, 11) is 0. The molecule has 0 spiro atoms. The zero-order valence-electron chi connectivity index (χ0n) is 13.7. The van der Waals surface area contributed by atoms with Gasteiger partial charge in [-0.25, -0.2) is 4.68 Å². The maximum atomic E-state index is 12.9. The summed E-state index contributed by atoms with van der Waals surface area (Å²) in [4.78, 5) is 25.7. The summed E-state index contributed by atoms with van der Waals surface area (Å²) >= 11 is 1.58. The normalized spacial score (nSPS) is 16.8. The molecular formula is C18H16N3O3S-. The van der Waals surface area contributed by atoms with Crippen LogP contribution in [0.5, 0.6) is 0 Å². The highest BCUT2D eigenvalue weighted by Gasteiger charge is 2.23. The predicted octanol–water partition coefficient (Wildman–Crippen LogP) is 1.39. The van der Waals surface area contributed by atoms with Crippen molar-refractivity contribution in [1.82, 2.24) is 15.0 Å². The van der Waals surface area contributed by atoms with Gasteiger partial charge in [-0.3, -0.25) is 4.79 Å². The Bertz CT molecular complexity index is 1020. The summed E-state index contributed by atoms with van der Waals surface area (Å²) in [5.74, 6) is -0.581. The zero-order valence-corrected chi connectivity index (χ0v) is 14.5. The van der Waals surface area contributed by atoms with Crippen LogP contribution in [0, 0.1) is 5.92 Å². The van der Waals surface area contributed by atoms with Crippen molar-refractivity contribution in [2.45, 2.75) is 32.7 Å². The minimum Gasteiger partial charge on any atom is -0.545 e. The second-order valence-electron chi connectivity index (χ2n) is 6.57. The van der Waals surface area contributed by atoms with Crippen LogP contribution in [0.25, 0.3) is 10.2 Å². The molecule has 7 heteroatoms. The molecule has 25 heavy (non-hydrogen) atoms. The van der Waals surface area contributed by atoms with E-state index in [1.54, 1.807) is 23.5 Å². The van der Waals surface area contributed by atoms with Crippen LogP contribution in [-0.2, 0) is 19.4 Å². The smallest absolute Gasteiger partial charge is 0.279 e. The molecule has 0 aliphatic heterocycles. The molecule has 128 valence electrons. The summed E-state index contributed by atoms with van der Waals surface area (Å²) in [5.41, 5.74) is 1.91. The van der Waals surface area contributed by atoms with E-state index in [0.29, 0.717) is 16.1 Å². The molecule has 3 aromatic rings. The standard InChI is InChI=1S/C18H17N3O3S/c1-10-2-7-13-14(8-10)25-16-15(13)17(22)21(20-19-16)9-11-3-5-12(6-4-11)18(23)24/h3-6,10H,2,7-9H2,1H3,(H,23,24)/p-1/t10-/m1/s1. The van der Waals surface area contributed by atoms with Crippen LogP contribution in [-0.4, -0.2) is 21.0 Å².